The van der Waals surface area contributed by atoms with Crippen LogP contribution in [0.2, 0.25) is 5.02 Å². The Bertz CT molecular complexity index is 531. The fourth-order valence-corrected chi connectivity index (χ4v) is 1.69. The molecule has 1 aromatic carbocycles. The molecule has 2 rings (SSSR count). The lowest BCUT2D eigenvalue weighted by Crippen LogP contribution is -2.22. The SMILES string of the molecule is CCc1ccc(C(=O)NCc2ccc(Cl)cc2)o1. The van der Waals surface area contributed by atoms with Gasteiger partial charge in [-0.25, -0.2) is 0 Å². The zero-order valence-electron chi connectivity index (χ0n) is 10.1. The second-order valence-corrected chi connectivity index (χ2v) is 4.37. The minimum absolute atomic E-state index is 0.204. The lowest BCUT2D eigenvalue weighted by Gasteiger charge is -2.03. The summed E-state index contributed by atoms with van der Waals surface area (Å²) in [5.41, 5.74) is 0.995. The molecule has 1 amide bonds. The molecule has 0 unspecified atom stereocenters. The van der Waals surface area contributed by atoms with E-state index in [1.165, 1.54) is 0 Å². The molecule has 1 N–H and O–H groups in total. The first-order valence-electron chi connectivity index (χ1n) is 5.80. The molecule has 94 valence electrons. The molecule has 2 aromatic rings. The number of hydrogen-bond donors (Lipinski definition) is 1. The second kappa shape index (κ2) is 5.74. The highest BCUT2D eigenvalue weighted by molar-refractivity contribution is 6.30. The van der Waals surface area contributed by atoms with E-state index in [4.69, 9.17) is 16.0 Å². The zero-order chi connectivity index (χ0) is 13.0. The van der Waals surface area contributed by atoms with Crippen LogP contribution in [0.5, 0.6) is 0 Å². The van der Waals surface area contributed by atoms with Gasteiger partial charge in [0.1, 0.15) is 5.76 Å². The number of carbonyl (C=O) groups excluding carboxylic acids is 1. The third-order valence-electron chi connectivity index (χ3n) is 2.60. The zero-order valence-corrected chi connectivity index (χ0v) is 10.8. The van der Waals surface area contributed by atoms with Crippen molar-refractivity contribution in [3.05, 3.63) is 58.5 Å². The average molecular weight is 264 g/mol. The summed E-state index contributed by atoms with van der Waals surface area (Å²) in [7, 11) is 0. The fraction of sp³-hybridized carbons (Fsp3) is 0.214. The summed E-state index contributed by atoms with van der Waals surface area (Å²) in [6.07, 6.45) is 0.782. The number of benzene rings is 1. The Kier molecular flexibility index (Phi) is 4.05. The van der Waals surface area contributed by atoms with Crippen molar-refractivity contribution in [2.45, 2.75) is 19.9 Å². The van der Waals surface area contributed by atoms with Crippen LogP contribution in [0.1, 0.15) is 28.8 Å². The first kappa shape index (κ1) is 12.7. The Labute approximate surface area is 111 Å². The molecule has 3 nitrogen and oxygen atoms in total. The molecular formula is C14H14ClNO2. The van der Waals surface area contributed by atoms with Gasteiger partial charge in [0.25, 0.3) is 5.91 Å². The first-order chi connectivity index (χ1) is 8.69. The van der Waals surface area contributed by atoms with Gasteiger partial charge in [-0.2, -0.15) is 0 Å². The third kappa shape index (κ3) is 3.14. The Hall–Kier alpha value is -1.74. The quantitative estimate of drug-likeness (QED) is 0.918. The third-order valence-corrected chi connectivity index (χ3v) is 2.85. The molecule has 1 heterocycles. The van der Waals surface area contributed by atoms with Crippen LogP contribution in [0, 0.1) is 0 Å². The van der Waals surface area contributed by atoms with Crippen LogP contribution < -0.4 is 5.32 Å². The number of carbonyl (C=O) groups is 1. The average Bonchev–Trinajstić information content (AvgIpc) is 2.86. The summed E-state index contributed by atoms with van der Waals surface area (Å²) >= 11 is 5.79. The summed E-state index contributed by atoms with van der Waals surface area (Å²) in [5, 5.41) is 3.48. The van der Waals surface area contributed by atoms with E-state index in [0.29, 0.717) is 17.3 Å². The molecule has 0 aliphatic rings. The Morgan fingerprint density at radius 2 is 1.94 bits per heavy atom. The maximum atomic E-state index is 11.8. The highest BCUT2D eigenvalue weighted by Gasteiger charge is 2.09. The number of amides is 1. The molecule has 0 saturated heterocycles. The van der Waals surface area contributed by atoms with Gasteiger partial charge in [-0.15, -0.1) is 0 Å². The summed E-state index contributed by atoms with van der Waals surface area (Å²) < 4.78 is 5.37. The van der Waals surface area contributed by atoms with Crippen molar-refractivity contribution in [1.29, 1.82) is 0 Å². The van der Waals surface area contributed by atoms with E-state index < -0.39 is 0 Å². The molecule has 0 saturated carbocycles. The van der Waals surface area contributed by atoms with Gasteiger partial charge in [0.15, 0.2) is 5.76 Å². The molecule has 0 atom stereocenters. The number of rotatable bonds is 4. The number of aryl methyl sites for hydroxylation is 1. The maximum Gasteiger partial charge on any atom is 0.287 e. The Morgan fingerprint density at radius 3 is 2.56 bits per heavy atom. The number of halogens is 1. The van der Waals surface area contributed by atoms with Gasteiger partial charge >= 0.3 is 0 Å². The largest absolute Gasteiger partial charge is 0.456 e. The predicted octanol–water partition coefficient (Wildman–Crippen LogP) is 3.43. The highest BCUT2D eigenvalue weighted by Crippen LogP contribution is 2.10. The van der Waals surface area contributed by atoms with E-state index in [0.717, 1.165) is 17.7 Å². The number of hydrogen-bond acceptors (Lipinski definition) is 2. The summed E-state index contributed by atoms with van der Waals surface area (Å²) in [6, 6.07) is 10.9. The molecule has 1 aromatic heterocycles. The van der Waals surface area contributed by atoms with E-state index >= 15 is 0 Å². The summed E-state index contributed by atoms with van der Waals surface area (Å²) in [5.74, 6) is 0.956. The van der Waals surface area contributed by atoms with Crippen molar-refractivity contribution < 1.29 is 9.21 Å². The smallest absolute Gasteiger partial charge is 0.287 e. The van der Waals surface area contributed by atoms with Crippen LogP contribution in [0.25, 0.3) is 0 Å². The Balaban J connectivity index is 1.93. The lowest BCUT2D eigenvalue weighted by atomic mass is 10.2. The van der Waals surface area contributed by atoms with Gasteiger partial charge in [-0.1, -0.05) is 30.7 Å². The van der Waals surface area contributed by atoms with Crippen molar-refractivity contribution in [3.8, 4) is 0 Å². The molecule has 0 bridgehead atoms. The van der Waals surface area contributed by atoms with Gasteiger partial charge in [0.2, 0.25) is 0 Å². The van der Waals surface area contributed by atoms with Crippen LogP contribution in [0.4, 0.5) is 0 Å². The van der Waals surface area contributed by atoms with Crippen molar-refractivity contribution in [2.75, 3.05) is 0 Å². The van der Waals surface area contributed by atoms with Crippen LogP contribution >= 0.6 is 11.6 Å². The van der Waals surface area contributed by atoms with Gasteiger partial charge in [-0.05, 0) is 29.8 Å². The normalized spacial score (nSPS) is 10.3. The highest BCUT2D eigenvalue weighted by atomic mass is 35.5. The van der Waals surface area contributed by atoms with Gasteiger partial charge < -0.3 is 9.73 Å². The van der Waals surface area contributed by atoms with E-state index in [1.54, 1.807) is 18.2 Å². The lowest BCUT2D eigenvalue weighted by molar-refractivity contribution is 0.0921. The maximum absolute atomic E-state index is 11.8. The molecule has 4 heteroatoms. The van der Waals surface area contributed by atoms with Crippen molar-refractivity contribution in [3.63, 3.8) is 0 Å². The van der Waals surface area contributed by atoms with E-state index in [9.17, 15) is 4.79 Å². The molecule has 18 heavy (non-hydrogen) atoms. The molecule has 0 spiro atoms. The second-order valence-electron chi connectivity index (χ2n) is 3.93. The summed E-state index contributed by atoms with van der Waals surface area (Å²) in [6.45, 7) is 2.44. The molecule has 0 aliphatic carbocycles. The Morgan fingerprint density at radius 1 is 1.22 bits per heavy atom. The summed E-state index contributed by atoms with van der Waals surface area (Å²) in [4.78, 5) is 11.8. The predicted molar refractivity (Wildman–Crippen MR) is 70.7 cm³/mol. The van der Waals surface area contributed by atoms with E-state index in [-0.39, 0.29) is 5.91 Å². The molecule has 0 fully saturated rings. The first-order valence-corrected chi connectivity index (χ1v) is 6.18. The molecule has 0 aliphatic heterocycles. The van der Waals surface area contributed by atoms with Crippen LogP contribution in [-0.2, 0) is 13.0 Å². The van der Waals surface area contributed by atoms with Crippen molar-refractivity contribution in [2.24, 2.45) is 0 Å². The van der Waals surface area contributed by atoms with Gasteiger partial charge in [0, 0.05) is 18.0 Å². The van der Waals surface area contributed by atoms with Crippen molar-refractivity contribution in [1.82, 2.24) is 5.32 Å². The fourth-order valence-electron chi connectivity index (χ4n) is 1.56. The monoisotopic (exact) mass is 263 g/mol. The van der Waals surface area contributed by atoms with Gasteiger partial charge in [0.05, 0.1) is 0 Å². The van der Waals surface area contributed by atoms with Gasteiger partial charge in [-0.3, -0.25) is 4.79 Å². The van der Waals surface area contributed by atoms with Crippen LogP contribution in [0.3, 0.4) is 0 Å². The topological polar surface area (TPSA) is 42.2 Å². The number of furan rings is 1. The van der Waals surface area contributed by atoms with Crippen LogP contribution in [-0.4, -0.2) is 5.91 Å². The van der Waals surface area contributed by atoms with Crippen LogP contribution in [0.15, 0.2) is 40.8 Å². The minimum Gasteiger partial charge on any atom is -0.456 e. The minimum atomic E-state index is -0.204. The van der Waals surface area contributed by atoms with E-state index in [1.807, 2.05) is 25.1 Å². The standard InChI is InChI=1S/C14H14ClNO2/c1-2-12-7-8-13(18-12)14(17)16-9-10-3-5-11(15)6-4-10/h3-8H,2,9H2,1H3,(H,16,17). The number of nitrogens with one attached hydrogen (secondary N) is 1. The molecule has 0 radical (unpaired) electrons. The van der Waals surface area contributed by atoms with Crippen molar-refractivity contribution >= 4 is 17.5 Å². The van der Waals surface area contributed by atoms with E-state index in [2.05, 4.69) is 5.32 Å². The molecular weight excluding hydrogens is 250 g/mol.